The van der Waals surface area contributed by atoms with Gasteiger partial charge in [0.25, 0.3) is 0 Å². The maximum Gasteiger partial charge on any atom is 0.303 e. The summed E-state index contributed by atoms with van der Waals surface area (Å²) in [6, 6.07) is 0. The number of aliphatic carboxylic acids is 1. The van der Waals surface area contributed by atoms with E-state index in [2.05, 4.69) is 16.8 Å². The average molecular weight is 322 g/mol. The summed E-state index contributed by atoms with van der Waals surface area (Å²) in [4.78, 5) is 19.2. The van der Waals surface area contributed by atoms with Gasteiger partial charge in [-0.2, -0.15) is 0 Å². The zero-order valence-electron chi connectivity index (χ0n) is 13.4. The predicted molar refractivity (Wildman–Crippen MR) is 88.0 cm³/mol. The summed E-state index contributed by atoms with van der Waals surface area (Å²) in [5.41, 5.74) is 3.63. The van der Waals surface area contributed by atoms with Crippen LogP contribution in [0, 0.1) is 18.3 Å². The molecule has 0 bridgehead atoms. The third-order valence-electron chi connectivity index (χ3n) is 5.76. The third-order valence-corrected chi connectivity index (χ3v) is 6.68. The molecule has 2 fully saturated rings. The lowest BCUT2D eigenvalue weighted by Gasteiger charge is -2.46. The number of nitrogens with zero attached hydrogens (tertiary/aromatic N) is 2. The Balaban J connectivity index is 1.48. The van der Waals surface area contributed by atoms with Gasteiger partial charge in [0.1, 0.15) is 0 Å². The second kappa shape index (κ2) is 6.67. The molecule has 0 aromatic carbocycles. The van der Waals surface area contributed by atoms with Crippen molar-refractivity contribution in [3.63, 3.8) is 0 Å². The number of hydrogen-bond acceptors (Lipinski definition) is 4. The molecule has 1 aliphatic heterocycles. The molecule has 2 aliphatic rings. The molecule has 1 saturated heterocycles. The van der Waals surface area contributed by atoms with Crippen LogP contribution in [0.5, 0.6) is 0 Å². The van der Waals surface area contributed by atoms with Gasteiger partial charge in [-0.1, -0.05) is 0 Å². The summed E-state index contributed by atoms with van der Waals surface area (Å²) in [7, 11) is 0. The summed E-state index contributed by atoms with van der Waals surface area (Å²) < 4.78 is 0. The van der Waals surface area contributed by atoms with E-state index in [1.165, 1.54) is 49.3 Å². The highest BCUT2D eigenvalue weighted by atomic mass is 32.1. The van der Waals surface area contributed by atoms with Gasteiger partial charge >= 0.3 is 5.97 Å². The van der Waals surface area contributed by atoms with E-state index in [0.29, 0.717) is 17.8 Å². The van der Waals surface area contributed by atoms with Crippen molar-refractivity contribution in [2.45, 2.75) is 58.4 Å². The summed E-state index contributed by atoms with van der Waals surface area (Å²) >= 11 is 1.77. The van der Waals surface area contributed by atoms with Crippen molar-refractivity contribution in [1.82, 2.24) is 9.88 Å². The molecule has 0 unspecified atom stereocenters. The Kier molecular flexibility index (Phi) is 4.83. The van der Waals surface area contributed by atoms with E-state index in [1.54, 1.807) is 11.3 Å². The van der Waals surface area contributed by atoms with E-state index in [1.807, 2.05) is 5.51 Å². The van der Waals surface area contributed by atoms with Crippen LogP contribution in [0.2, 0.25) is 0 Å². The number of hydrogen-bond donors (Lipinski definition) is 1. The zero-order valence-corrected chi connectivity index (χ0v) is 14.2. The monoisotopic (exact) mass is 322 g/mol. The van der Waals surface area contributed by atoms with Gasteiger partial charge in [-0.25, -0.2) is 4.98 Å². The minimum atomic E-state index is -0.629. The van der Waals surface area contributed by atoms with Crippen molar-refractivity contribution in [1.29, 1.82) is 0 Å². The van der Waals surface area contributed by atoms with Crippen LogP contribution in [0.1, 0.15) is 55.5 Å². The topological polar surface area (TPSA) is 53.4 Å². The van der Waals surface area contributed by atoms with Crippen LogP contribution in [0.3, 0.4) is 0 Å². The molecule has 22 heavy (non-hydrogen) atoms. The summed E-state index contributed by atoms with van der Waals surface area (Å²) in [6.07, 6.45) is 7.62. The predicted octanol–water partition coefficient (Wildman–Crippen LogP) is 3.70. The molecule has 1 aromatic rings. The van der Waals surface area contributed by atoms with Gasteiger partial charge < -0.3 is 5.11 Å². The van der Waals surface area contributed by atoms with E-state index < -0.39 is 5.97 Å². The molecule has 1 N–H and O–H groups in total. The lowest BCUT2D eigenvalue weighted by Crippen LogP contribution is -2.41. The van der Waals surface area contributed by atoms with Gasteiger partial charge in [0.15, 0.2) is 0 Å². The molecule has 4 nitrogen and oxygen atoms in total. The molecule has 1 saturated carbocycles. The van der Waals surface area contributed by atoms with Gasteiger partial charge in [0.05, 0.1) is 11.2 Å². The van der Waals surface area contributed by atoms with Gasteiger partial charge in [-0.3, -0.25) is 9.69 Å². The minimum Gasteiger partial charge on any atom is -0.481 e. The number of rotatable bonds is 4. The highest BCUT2D eigenvalue weighted by molar-refractivity contribution is 7.09. The number of carbonyl (C=O) groups is 1. The molecular formula is C17H26N2O2S. The average Bonchev–Trinajstić information content (AvgIpc) is 2.89. The first-order valence-corrected chi connectivity index (χ1v) is 9.27. The first kappa shape index (κ1) is 15.9. The van der Waals surface area contributed by atoms with Crippen LogP contribution < -0.4 is 0 Å². The molecule has 1 aliphatic carbocycles. The molecule has 122 valence electrons. The molecule has 1 spiro atoms. The number of aryl methyl sites for hydroxylation is 1. The normalized spacial score (nSPS) is 23.0. The van der Waals surface area contributed by atoms with Gasteiger partial charge in [0.2, 0.25) is 0 Å². The summed E-state index contributed by atoms with van der Waals surface area (Å²) in [6.45, 7) is 5.51. The standard InChI is InChI=1S/C17H26N2O2S/c1-13-15(22-12-18-13)11-19-8-6-17(7-9-19)4-2-14(3-5-17)10-16(20)21/h12,14H,2-11H2,1H3,(H,20,21). The van der Waals surface area contributed by atoms with E-state index in [-0.39, 0.29) is 0 Å². The first-order chi connectivity index (χ1) is 10.6. The number of carboxylic acids is 1. The Morgan fingerprint density at radius 2 is 2.05 bits per heavy atom. The molecule has 5 heteroatoms. The maximum absolute atomic E-state index is 10.8. The number of aromatic nitrogens is 1. The Morgan fingerprint density at radius 3 is 2.59 bits per heavy atom. The quantitative estimate of drug-likeness (QED) is 0.918. The van der Waals surface area contributed by atoms with Crippen molar-refractivity contribution in [2.75, 3.05) is 13.1 Å². The SMILES string of the molecule is Cc1ncsc1CN1CCC2(CCC(CC(=O)O)CC2)CC1. The highest BCUT2D eigenvalue weighted by Crippen LogP contribution is 2.47. The lowest BCUT2D eigenvalue weighted by atomic mass is 9.65. The number of thiazole rings is 1. The molecule has 0 atom stereocenters. The number of carboxylic acid groups (broad SMARTS) is 1. The zero-order chi connectivity index (χ0) is 15.6. The Hall–Kier alpha value is -0.940. The number of piperidine rings is 1. The third kappa shape index (κ3) is 3.69. The molecule has 2 heterocycles. The fourth-order valence-corrected chi connectivity index (χ4v) is 4.93. The Labute approximate surface area is 136 Å². The van der Waals surface area contributed by atoms with Crippen LogP contribution >= 0.6 is 11.3 Å². The fourth-order valence-electron chi connectivity index (χ4n) is 4.11. The second-order valence-corrected chi connectivity index (χ2v) is 8.12. The van der Waals surface area contributed by atoms with Crippen LogP contribution in [-0.2, 0) is 11.3 Å². The van der Waals surface area contributed by atoms with Crippen molar-refractivity contribution < 1.29 is 9.90 Å². The first-order valence-electron chi connectivity index (χ1n) is 8.39. The Morgan fingerprint density at radius 1 is 1.36 bits per heavy atom. The largest absolute Gasteiger partial charge is 0.481 e. The summed E-state index contributed by atoms with van der Waals surface area (Å²) in [5, 5.41) is 8.94. The van der Waals surface area contributed by atoms with Crippen LogP contribution in [0.25, 0.3) is 0 Å². The lowest BCUT2D eigenvalue weighted by molar-refractivity contribution is -0.138. The van der Waals surface area contributed by atoms with Gasteiger partial charge in [-0.05, 0) is 69.9 Å². The van der Waals surface area contributed by atoms with E-state index in [4.69, 9.17) is 5.11 Å². The maximum atomic E-state index is 10.8. The minimum absolute atomic E-state index is 0.368. The molecule has 0 amide bonds. The second-order valence-electron chi connectivity index (χ2n) is 7.18. The van der Waals surface area contributed by atoms with Crippen molar-refractivity contribution in [3.8, 4) is 0 Å². The van der Waals surface area contributed by atoms with E-state index in [9.17, 15) is 4.79 Å². The summed E-state index contributed by atoms with van der Waals surface area (Å²) in [5.74, 6) is -0.211. The van der Waals surface area contributed by atoms with Crippen molar-refractivity contribution >= 4 is 17.3 Å². The van der Waals surface area contributed by atoms with Gasteiger partial charge in [-0.15, -0.1) is 11.3 Å². The fraction of sp³-hybridized carbons (Fsp3) is 0.765. The van der Waals surface area contributed by atoms with E-state index >= 15 is 0 Å². The highest BCUT2D eigenvalue weighted by Gasteiger charge is 2.38. The van der Waals surface area contributed by atoms with Gasteiger partial charge in [0, 0.05) is 17.8 Å². The number of likely N-dealkylation sites (tertiary alicyclic amines) is 1. The smallest absolute Gasteiger partial charge is 0.303 e. The molecule has 1 aromatic heterocycles. The van der Waals surface area contributed by atoms with Crippen molar-refractivity contribution in [3.05, 3.63) is 16.1 Å². The van der Waals surface area contributed by atoms with Crippen molar-refractivity contribution in [2.24, 2.45) is 11.3 Å². The van der Waals surface area contributed by atoms with Crippen LogP contribution in [0.4, 0.5) is 0 Å². The Bertz CT molecular complexity index is 510. The molecule has 3 rings (SSSR count). The molecule has 0 radical (unpaired) electrons. The molecular weight excluding hydrogens is 296 g/mol. The van der Waals surface area contributed by atoms with Crippen LogP contribution in [-0.4, -0.2) is 34.0 Å². The van der Waals surface area contributed by atoms with Crippen LogP contribution in [0.15, 0.2) is 5.51 Å². The van der Waals surface area contributed by atoms with E-state index in [0.717, 1.165) is 19.4 Å².